The molecule has 0 radical (unpaired) electrons. The first-order valence-corrected chi connectivity index (χ1v) is 13.3. The van der Waals surface area contributed by atoms with Crippen LogP contribution in [0.3, 0.4) is 0 Å². The van der Waals surface area contributed by atoms with Gasteiger partial charge >= 0.3 is 11.9 Å². The molecule has 35 heavy (non-hydrogen) atoms. The highest BCUT2D eigenvalue weighted by atomic mass is 16.5. The number of ketones is 1. The third-order valence-electron chi connectivity index (χ3n) is 9.52. The van der Waals surface area contributed by atoms with Crippen LogP contribution in [0.15, 0.2) is 11.6 Å². The van der Waals surface area contributed by atoms with Crippen molar-refractivity contribution < 1.29 is 29.0 Å². The lowest BCUT2D eigenvalue weighted by Crippen LogP contribution is -2.57. The quantitative estimate of drug-likeness (QED) is 0.434. The highest BCUT2D eigenvalue weighted by molar-refractivity contribution is 5.89. The summed E-state index contributed by atoms with van der Waals surface area (Å²) < 4.78 is 11.8. The number of aliphatic hydroxyl groups is 1. The molecule has 0 amide bonds. The van der Waals surface area contributed by atoms with Gasteiger partial charge in [-0.25, -0.2) is 0 Å². The molecule has 0 spiro atoms. The number of hydrogen-bond donors (Lipinski definition) is 1. The molecule has 0 heterocycles. The standard InChI is InChI=1S/C29H44O6/c1-26(2,3)24(32)34-17-9-11-28(7)16(13-17)14-19(30)22-18(28)10-12-29(8)21(31)15-20(23(22)29)35-25(33)27(4,5)6/h14,17-20,22-23,30H,9-13,15H2,1-8H3/t17-,18-,19-,20-,22-,23-,28-,29+/m0/s1. The minimum Gasteiger partial charge on any atom is -0.462 e. The maximum absolute atomic E-state index is 13.2. The van der Waals surface area contributed by atoms with E-state index in [9.17, 15) is 19.5 Å². The van der Waals surface area contributed by atoms with Crippen molar-refractivity contribution >= 4 is 17.7 Å². The number of carbonyl (C=O) groups excluding carboxylic acids is 3. The van der Waals surface area contributed by atoms with E-state index in [1.807, 2.05) is 54.5 Å². The normalized spacial score (nSPS) is 41.3. The average Bonchev–Trinajstić information content (AvgIpc) is 2.97. The van der Waals surface area contributed by atoms with E-state index in [-0.39, 0.29) is 53.4 Å². The summed E-state index contributed by atoms with van der Waals surface area (Å²) in [6, 6.07) is 0. The number of rotatable bonds is 2. The van der Waals surface area contributed by atoms with Crippen LogP contribution in [0.4, 0.5) is 0 Å². The van der Waals surface area contributed by atoms with E-state index in [0.29, 0.717) is 6.42 Å². The van der Waals surface area contributed by atoms with Gasteiger partial charge in [-0.15, -0.1) is 0 Å². The minimum absolute atomic E-state index is 0.125. The van der Waals surface area contributed by atoms with Crippen molar-refractivity contribution in [1.29, 1.82) is 0 Å². The lowest BCUT2D eigenvalue weighted by atomic mass is 9.47. The maximum Gasteiger partial charge on any atom is 0.311 e. The van der Waals surface area contributed by atoms with Crippen LogP contribution in [-0.4, -0.2) is 41.1 Å². The van der Waals surface area contributed by atoms with Crippen LogP contribution in [-0.2, 0) is 23.9 Å². The average molecular weight is 489 g/mol. The van der Waals surface area contributed by atoms with Gasteiger partial charge in [0.15, 0.2) is 0 Å². The zero-order chi connectivity index (χ0) is 26.1. The summed E-state index contributed by atoms with van der Waals surface area (Å²) in [6.45, 7) is 15.4. The van der Waals surface area contributed by atoms with Gasteiger partial charge in [0, 0.05) is 24.2 Å². The molecule has 3 saturated carbocycles. The van der Waals surface area contributed by atoms with Crippen LogP contribution in [0.1, 0.15) is 93.9 Å². The van der Waals surface area contributed by atoms with Crippen molar-refractivity contribution in [2.75, 3.05) is 0 Å². The minimum atomic E-state index is -0.716. The topological polar surface area (TPSA) is 89.9 Å². The van der Waals surface area contributed by atoms with E-state index in [1.54, 1.807) is 0 Å². The summed E-state index contributed by atoms with van der Waals surface area (Å²) in [7, 11) is 0. The van der Waals surface area contributed by atoms with E-state index in [1.165, 1.54) is 5.57 Å². The van der Waals surface area contributed by atoms with Crippen LogP contribution < -0.4 is 0 Å². The first-order valence-electron chi connectivity index (χ1n) is 13.3. The number of fused-ring (bicyclic) bond motifs is 5. The molecular weight excluding hydrogens is 444 g/mol. The van der Waals surface area contributed by atoms with Gasteiger partial charge < -0.3 is 14.6 Å². The molecule has 6 nitrogen and oxygen atoms in total. The summed E-state index contributed by atoms with van der Waals surface area (Å²) in [5.74, 6) is -0.478. The second kappa shape index (κ2) is 8.43. The Morgan fingerprint density at radius 2 is 1.49 bits per heavy atom. The molecule has 4 aliphatic carbocycles. The Morgan fingerprint density at radius 3 is 2.09 bits per heavy atom. The second-order valence-corrected chi connectivity index (χ2v) is 14.1. The summed E-state index contributed by atoms with van der Waals surface area (Å²) >= 11 is 0. The molecule has 8 atom stereocenters. The van der Waals surface area contributed by atoms with Crippen molar-refractivity contribution in [1.82, 2.24) is 0 Å². The molecule has 0 unspecified atom stereocenters. The van der Waals surface area contributed by atoms with Crippen molar-refractivity contribution in [3.63, 3.8) is 0 Å². The van der Waals surface area contributed by atoms with E-state index >= 15 is 0 Å². The van der Waals surface area contributed by atoms with Crippen LogP contribution in [0.2, 0.25) is 0 Å². The van der Waals surface area contributed by atoms with Crippen molar-refractivity contribution in [3.05, 3.63) is 11.6 Å². The molecule has 0 aromatic carbocycles. The molecule has 196 valence electrons. The zero-order valence-corrected chi connectivity index (χ0v) is 22.8. The number of Topliss-reactive ketones (excluding diaryl/α,β-unsaturated/α-hetero) is 1. The molecule has 3 fully saturated rings. The summed E-state index contributed by atoms with van der Waals surface area (Å²) in [6.07, 6.45) is 4.73. The molecule has 4 aliphatic rings. The summed E-state index contributed by atoms with van der Waals surface area (Å²) in [5, 5.41) is 11.5. The Hall–Kier alpha value is -1.69. The Balaban J connectivity index is 1.62. The molecule has 4 rings (SSSR count). The molecule has 0 aliphatic heterocycles. The van der Waals surface area contributed by atoms with Crippen molar-refractivity contribution in [3.8, 4) is 0 Å². The predicted molar refractivity (Wildman–Crippen MR) is 132 cm³/mol. The fourth-order valence-electron chi connectivity index (χ4n) is 7.27. The van der Waals surface area contributed by atoms with Gasteiger partial charge in [0.05, 0.1) is 16.9 Å². The Kier molecular flexibility index (Phi) is 6.35. The van der Waals surface area contributed by atoms with Crippen molar-refractivity contribution in [2.45, 2.75) is 112 Å². The Bertz CT molecular complexity index is 936. The molecule has 6 heteroatoms. The maximum atomic E-state index is 13.2. The van der Waals surface area contributed by atoms with Crippen LogP contribution >= 0.6 is 0 Å². The van der Waals surface area contributed by atoms with Gasteiger partial charge in [0.25, 0.3) is 0 Å². The number of ether oxygens (including phenoxy) is 2. The first-order chi connectivity index (χ1) is 16.0. The molecular formula is C29H44O6. The van der Waals surface area contributed by atoms with E-state index < -0.39 is 28.5 Å². The smallest absolute Gasteiger partial charge is 0.311 e. The number of esters is 2. The number of aliphatic hydroxyl groups excluding tert-OH is 1. The zero-order valence-electron chi connectivity index (χ0n) is 22.8. The summed E-state index contributed by atoms with van der Waals surface area (Å²) in [4.78, 5) is 38.5. The third kappa shape index (κ3) is 4.38. The fourth-order valence-corrected chi connectivity index (χ4v) is 7.27. The molecule has 0 saturated heterocycles. The van der Waals surface area contributed by atoms with Gasteiger partial charge in [-0.05, 0) is 84.5 Å². The first kappa shape index (κ1) is 26.4. The largest absolute Gasteiger partial charge is 0.462 e. The Morgan fingerprint density at radius 1 is 0.914 bits per heavy atom. The van der Waals surface area contributed by atoms with E-state index in [4.69, 9.17) is 9.47 Å². The van der Waals surface area contributed by atoms with E-state index in [2.05, 4.69) is 6.92 Å². The highest BCUT2D eigenvalue weighted by Gasteiger charge is 2.65. The van der Waals surface area contributed by atoms with Crippen LogP contribution in [0.25, 0.3) is 0 Å². The third-order valence-corrected chi connectivity index (χ3v) is 9.52. The van der Waals surface area contributed by atoms with E-state index in [0.717, 1.165) is 25.7 Å². The Labute approximate surface area is 210 Å². The second-order valence-electron chi connectivity index (χ2n) is 14.1. The van der Waals surface area contributed by atoms with Crippen LogP contribution in [0, 0.1) is 39.4 Å². The molecule has 0 aromatic rings. The lowest BCUT2D eigenvalue weighted by molar-refractivity contribution is -0.172. The summed E-state index contributed by atoms with van der Waals surface area (Å²) in [5.41, 5.74) is -0.732. The molecule has 0 aromatic heterocycles. The monoisotopic (exact) mass is 488 g/mol. The van der Waals surface area contributed by atoms with Gasteiger partial charge in [0.1, 0.15) is 18.0 Å². The lowest BCUT2D eigenvalue weighted by Gasteiger charge is -2.58. The number of hydrogen-bond acceptors (Lipinski definition) is 6. The highest BCUT2D eigenvalue weighted by Crippen LogP contribution is 2.64. The van der Waals surface area contributed by atoms with Gasteiger partial charge in [-0.1, -0.05) is 25.5 Å². The molecule has 1 N–H and O–H groups in total. The SMILES string of the molecule is CC(C)(C)C(=O)O[C@H]1CC[C@@]2(C)C(=C[C@H](O)[C@H]3[C@@H]4[C@@H](OC(=O)C(C)(C)C)CC(=O)[C@@]4(C)CC[C@@H]32)C1. The van der Waals surface area contributed by atoms with Gasteiger partial charge in [-0.3, -0.25) is 14.4 Å². The van der Waals surface area contributed by atoms with Crippen LogP contribution in [0.5, 0.6) is 0 Å². The van der Waals surface area contributed by atoms with Gasteiger partial charge in [0.2, 0.25) is 0 Å². The van der Waals surface area contributed by atoms with Gasteiger partial charge in [-0.2, -0.15) is 0 Å². The predicted octanol–water partition coefficient (Wildman–Crippen LogP) is 5.01. The fraction of sp³-hybridized carbons (Fsp3) is 0.828. The molecule has 0 bridgehead atoms. The number of carbonyl (C=O) groups is 3. The van der Waals surface area contributed by atoms with Crippen molar-refractivity contribution in [2.24, 2.45) is 39.4 Å².